The molecule has 0 fully saturated rings. The highest BCUT2D eigenvalue weighted by atomic mass is 15.1. The van der Waals surface area contributed by atoms with Gasteiger partial charge in [0.1, 0.15) is 0 Å². The maximum Gasteiger partial charge on any atom is 0.0468 e. The van der Waals surface area contributed by atoms with Gasteiger partial charge in [0.15, 0.2) is 0 Å². The number of hydrogen-bond acceptors (Lipinski definition) is 2. The van der Waals surface area contributed by atoms with Gasteiger partial charge in [-0.2, -0.15) is 0 Å². The fraction of sp³-hybridized carbons (Fsp3) is 0.0164. The van der Waals surface area contributed by atoms with E-state index in [0.29, 0.717) is 0 Å². The molecule has 0 spiro atoms. The summed E-state index contributed by atoms with van der Waals surface area (Å²) in [6.45, 7) is 0. The van der Waals surface area contributed by atoms with Crippen LogP contribution in [0.3, 0.4) is 0 Å². The zero-order valence-electron chi connectivity index (χ0n) is 35.0. The van der Waals surface area contributed by atoms with E-state index in [0.717, 1.165) is 40.5 Å². The summed E-state index contributed by atoms with van der Waals surface area (Å²) >= 11 is 0. The predicted octanol–water partition coefficient (Wildman–Crippen LogP) is 17.2. The zero-order valence-corrected chi connectivity index (χ0v) is 35.0. The molecular weight excluding hydrogens is 761 g/mol. The van der Waals surface area contributed by atoms with E-state index in [-0.39, 0.29) is 0 Å². The van der Waals surface area contributed by atoms with Crippen LogP contribution in [0, 0.1) is 0 Å². The molecule has 10 rings (SSSR count). The molecule has 9 aromatic rings. The molecule has 0 saturated heterocycles. The predicted molar refractivity (Wildman–Crippen MR) is 268 cm³/mol. The van der Waals surface area contributed by atoms with Crippen LogP contribution in [0.4, 0.5) is 34.1 Å². The van der Waals surface area contributed by atoms with Crippen molar-refractivity contribution in [2.45, 2.75) is 6.42 Å². The van der Waals surface area contributed by atoms with E-state index in [2.05, 4.69) is 277 Å². The molecule has 0 radical (unpaired) electrons. The minimum atomic E-state index is 0.927. The summed E-state index contributed by atoms with van der Waals surface area (Å²) in [5, 5.41) is 0. The summed E-state index contributed by atoms with van der Waals surface area (Å²) in [7, 11) is 0. The maximum atomic E-state index is 2.34. The molecule has 9 aromatic carbocycles. The van der Waals surface area contributed by atoms with E-state index in [9.17, 15) is 0 Å². The lowest BCUT2D eigenvalue weighted by Crippen LogP contribution is -2.10. The minimum absolute atomic E-state index is 0.927. The van der Waals surface area contributed by atoms with Gasteiger partial charge in [0.25, 0.3) is 0 Å². The lowest BCUT2D eigenvalue weighted by atomic mass is 9.92. The van der Waals surface area contributed by atoms with Crippen molar-refractivity contribution >= 4 is 39.7 Å². The second-order valence-electron chi connectivity index (χ2n) is 15.7. The van der Waals surface area contributed by atoms with Crippen molar-refractivity contribution in [2.75, 3.05) is 9.80 Å². The second kappa shape index (κ2) is 18.2. The molecule has 2 nitrogen and oxygen atoms in total. The molecule has 2 heteroatoms. The van der Waals surface area contributed by atoms with E-state index in [1.807, 2.05) is 0 Å². The van der Waals surface area contributed by atoms with Crippen molar-refractivity contribution < 1.29 is 0 Å². The van der Waals surface area contributed by atoms with E-state index in [1.165, 1.54) is 55.6 Å². The van der Waals surface area contributed by atoms with Crippen LogP contribution in [0.5, 0.6) is 0 Å². The summed E-state index contributed by atoms with van der Waals surface area (Å²) in [6, 6.07) is 85.2. The van der Waals surface area contributed by atoms with Gasteiger partial charge in [0, 0.05) is 34.1 Å². The first-order valence-corrected chi connectivity index (χ1v) is 21.6. The lowest BCUT2D eigenvalue weighted by molar-refractivity contribution is 1.28. The molecule has 0 atom stereocenters. The molecule has 0 aromatic heterocycles. The Hall–Kier alpha value is -8.20. The molecule has 1 aliphatic carbocycles. The number of benzene rings is 9. The number of para-hydroxylation sites is 2. The third-order valence-electron chi connectivity index (χ3n) is 11.8. The topological polar surface area (TPSA) is 6.48 Å². The quantitative estimate of drug-likeness (QED) is 0.128. The Morgan fingerprint density at radius 1 is 0.254 bits per heavy atom. The van der Waals surface area contributed by atoms with Gasteiger partial charge in [-0.05, 0) is 135 Å². The third kappa shape index (κ3) is 8.57. The number of nitrogens with zero attached hydrogens (tertiary/aromatic N) is 2. The average molecular weight is 807 g/mol. The van der Waals surface area contributed by atoms with Gasteiger partial charge in [-0.25, -0.2) is 0 Å². The Labute approximate surface area is 371 Å². The molecule has 0 aliphatic heterocycles. The summed E-state index contributed by atoms with van der Waals surface area (Å²) < 4.78 is 0. The Bertz CT molecular complexity index is 3010. The summed E-state index contributed by atoms with van der Waals surface area (Å²) in [5.74, 6) is 0. The van der Waals surface area contributed by atoms with Crippen molar-refractivity contribution in [3.8, 4) is 44.5 Å². The molecule has 300 valence electrons. The Morgan fingerprint density at radius 3 is 1.14 bits per heavy atom. The molecule has 0 heterocycles. The SMILES string of the molecule is C1=CC=C(c2ccc(N(c3ccccc3)c3ccc(-c4ccc(-c5ccc(N(c6ccccc6)c6ccc(-c7ccccc7)cc6)cc5-c5ccccc5)cc4)cc3)cc2)CC=C1. The van der Waals surface area contributed by atoms with Gasteiger partial charge < -0.3 is 9.80 Å². The van der Waals surface area contributed by atoms with Crippen molar-refractivity contribution in [3.63, 3.8) is 0 Å². The molecule has 0 N–H and O–H groups in total. The minimum Gasteiger partial charge on any atom is -0.311 e. The monoisotopic (exact) mass is 806 g/mol. The number of anilines is 6. The molecular formula is C61H46N2. The zero-order chi connectivity index (χ0) is 42.2. The highest BCUT2D eigenvalue weighted by molar-refractivity contribution is 5.90. The van der Waals surface area contributed by atoms with Gasteiger partial charge in [-0.3, -0.25) is 0 Å². The fourth-order valence-corrected chi connectivity index (χ4v) is 8.52. The van der Waals surface area contributed by atoms with E-state index in [4.69, 9.17) is 0 Å². The van der Waals surface area contributed by atoms with Crippen LogP contribution in [0.1, 0.15) is 12.0 Å². The number of hydrogen-bond donors (Lipinski definition) is 0. The largest absolute Gasteiger partial charge is 0.311 e. The Kier molecular flexibility index (Phi) is 11.3. The van der Waals surface area contributed by atoms with Gasteiger partial charge in [0.05, 0.1) is 0 Å². The lowest BCUT2D eigenvalue weighted by Gasteiger charge is -2.27. The van der Waals surface area contributed by atoms with Gasteiger partial charge in [-0.1, -0.05) is 194 Å². The number of allylic oxidation sites excluding steroid dienone is 6. The van der Waals surface area contributed by atoms with Crippen LogP contribution >= 0.6 is 0 Å². The van der Waals surface area contributed by atoms with E-state index in [1.54, 1.807) is 0 Å². The Morgan fingerprint density at radius 2 is 0.619 bits per heavy atom. The standard InChI is InChI=1S/C61H46N2/c1-2-8-18-46(17-7-1)49-31-37-56(38-32-49)62(54-23-13-5-14-24-54)57-39-35-51(36-40-57)48-27-29-53(30-28-48)60-44-43-59(45-61(60)52-21-11-4-12-22-52)63(55-25-15-6-16-26-55)58-41-33-50(34-42-58)47-19-9-3-10-20-47/h1-17,19-45H,18H2. The molecule has 0 saturated carbocycles. The first-order chi connectivity index (χ1) is 31.2. The molecule has 1 aliphatic rings. The van der Waals surface area contributed by atoms with Crippen molar-refractivity contribution in [1.82, 2.24) is 0 Å². The highest BCUT2D eigenvalue weighted by Crippen LogP contribution is 2.42. The molecule has 0 amide bonds. The number of rotatable bonds is 11. The van der Waals surface area contributed by atoms with Crippen LogP contribution in [0.15, 0.2) is 267 Å². The second-order valence-corrected chi connectivity index (χ2v) is 15.7. The maximum absolute atomic E-state index is 2.34. The molecule has 63 heavy (non-hydrogen) atoms. The first kappa shape index (κ1) is 39.0. The van der Waals surface area contributed by atoms with Crippen LogP contribution in [0.2, 0.25) is 0 Å². The normalized spacial score (nSPS) is 12.0. The van der Waals surface area contributed by atoms with Gasteiger partial charge >= 0.3 is 0 Å². The molecule has 0 unspecified atom stereocenters. The van der Waals surface area contributed by atoms with Gasteiger partial charge in [-0.15, -0.1) is 0 Å². The van der Waals surface area contributed by atoms with Crippen molar-refractivity contribution in [3.05, 3.63) is 273 Å². The summed E-state index contributed by atoms with van der Waals surface area (Å²) in [6.07, 6.45) is 11.7. The first-order valence-electron chi connectivity index (χ1n) is 21.6. The third-order valence-corrected chi connectivity index (χ3v) is 11.8. The highest BCUT2D eigenvalue weighted by Gasteiger charge is 2.18. The van der Waals surface area contributed by atoms with E-state index >= 15 is 0 Å². The van der Waals surface area contributed by atoms with Crippen LogP contribution in [0.25, 0.3) is 50.1 Å². The van der Waals surface area contributed by atoms with Crippen molar-refractivity contribution in [2.24, 2.45) is 0 Å². The summed E-state index contributed by atoms with van der Waals surface area (Å²) in [5.41, 5.74) is 18.7. The molecule has 0 bridgehead atoms. The smallest absolute Gasteiger partial charge is 0.0468 e. The Balaban J connectivity index is 0.956. The van der Waals surface area contributed by atoms with E-state index < -0.39 is 0 Å². The fourth-order valence-electron chi connectivity index (χ4n) is 8.52. The van der Waals surface area contributed by atoms with Gasteiger partial charge in [0.2, 0.25) is 0 Å². The van der Waals surface area contributed by atoms with Crippen LogP contribution < -0.4 is 9.80 Å². The average Bonchev–Trinajstić information content (AvgIpc) is 3.66. The summed E-state index contributed by atoms with van der Waals surface area (Å²) in [4.78, 5) is 4.67. The van der Waals surface area contributed by atoms with Crippen molar-refractivity contribution in [1.29, 1.82) is 0 Å². The van der Waals surface area contributed by atoms with Crippen LogP contribution in [-0.2, 0) is 0 Å². The van der Waals surface area contributed by atoms with Crippen LogP contribution in [-0.4, -0.2) is 0 Å².